The molecule has 1 N–H and O–H groups in total. The fraction of sp³-hybridized carbons (Fsp3) is 0.412. The van der Waals surface area contributed by atoms with Crippen molar-refractivity contribution in [2.24, 2.45) is 5.92 Å². The predicted octanol–water partition coefficient (Wildman–Crippen LogP) is 3.18. The first kappa shape index (κ1) is 21.4. The number of nitrogens with one attached hydrogen (secondary N) is 1. The van der Waals surface area contributed by atoms with Gasteiger partial charge in [-0.1, -0.05) is 11.7 Å². The van der Waals surface area contributed by atoms with E-state index < -0.39 is 22.0 Å². The molecule has 4 heterocycles. The van der Waals surface area contributed by atoms with Crippen molar-refractivity contribution in [2.75, 3.05) is 13.1 Å². The Morgan fingerprint density at radius 1 is 1.37 bits per heavy atom. The van der Waals surface area contributed by atoms with Gasteiger partial charge in [-0.05, 0) is 30.5 Å². The first-order valence-electron chi connectivity index (χ1n) is 8.80. The summed E-state index contributed by atoms with van der Waals surface area (Å²) in [5.41, 5.74) is -0.0663. The van der Waals surface area contributed by atoms with E-state index in [9.17, 15) is 26.4 Å². The minimum absolute atomic E-state index is 0.0375. The number of nitrogens with zero attached hydrogens (tertiary/aromatic N) is 2. The highest BCUT2D eigenvalue weighted by atomic mass is 32.2. The lowest BCUT2D eigenvalue weighted by atomic mass is 10.1. The van der Waals surface area contributed by atoms with Gasteiger partial charge in [-0.25, -0.2) is 8.42 Å². The fourth-order valence-electron chi connectivity index (χ4n) is 3.48. The second-order valence-corrected chi connectivity index (χ2v) is 11.6. The van der Waals surface area contributed by atoms with Gasteiger partial charge in [0.1, 0.15) is 9.90 Å². The van der Waals surface area contributed by atoms with Crippen LogP contribution in [0, 0.1) is 5.92 Å². The molecule has 13 heteroatoms. The molecule has 2 aliphatic rings. The summed E-state index contributed by atoms with van der Waals surface area (Å²) in [6, 6.07) is 3.53. The molecular weight excluding hydrogens is 463 g/mol. The number of fused-ring (bicyclic) bond motifs is 1. The van der Waals surface area contributed by atoms with Gasteiger partial charge < -0.3 is 9.84 Å². The molecule has 1 amide bonds. The summed E-state index contributed by atoms with van der Waals surface area (Å²) in [7, 11) is -3.78. The number of aromatic nitrogens is 1. The Bertz CT molecular complexity index is 1070. The number of thiophene rings is 1. The van der Waals surface area contributed by atoms with E-state index in [4.69, 9.17) is 0 Å². The van der Waals surface area contributed by atoms with Crippen LogP contribution < -0.4 is 5.32 Å². The molecule has 3 atom stereocenters. The quantitative estimate of drug-likeness (QED) is 0.663. The van der Waals surface area contributed by atoms with Gasteiger partial charge in [-0.2, -0.15) is 17.5 Å². The van der Waals surface area contributed by atoms with Crippen LogP contribution in [0.2, 0.25) is 0 Å². The molecule has 2 saturated heterocycles. The molecule has 2 aromatic heterocycles. The molecule has 162 valence electrons. The molecule has 0 spiro atoms. The molecule has 0 saturated carbocycles. The van der Waals surface area contributed by atoms with Crippen LogP contribution in [0.25, 0.3) is 10.6 Å². The zero-order valence-corrected chi connectivity index (χ0v) is 17.7. The lowest BCUT2D eigenvalue weighted by molar-refractivity contribution is -0.155. The molecule has 4 rings (SSSR count). The average Bonchev–Trinajstić information content (AvgIpc) is 3.41. The summed E-state index contributed by atoms with van der Waals surface area (Å²) in [6.07, 6.45) is -2.80. The number of rotatable bonds is 5. The van der Waals surface area contributed by atoms with Crippen LogP contribution in [-0.4, -0.2) is 47.5 Å². The molecule has 2 aromatic rings. The Kier molecular flexibility index (Phi) is 5.49. The number of thioether (sulfide) groups is 1. The van der Waals surface area contributed by atoms with Crippen molar-refractivity contribution in [3.05, 3.63) is 36.6 Å². The van der Waals surface area contributed by atoms with E-state index in [1.807, 2.05) is 0 Å². The molecule has 0 bridgehead atoms. The van der Waals surface area contributed by atoms with E-state index in [0.717, 1.165) is 17.4 Å². The standard InChI is InChI=1S/C17H16F3N3O4S3/c1-2-14(24)21-15-5-9-7-23(8-12(9)28-15)30(25,26)16-4-3-11(29-16)10-6-13(27-22-10)17(18,19)20/h2-4,6,9,12,15H,1,5,7-8H2,(H,21,24). The van der Waals surface area contributed by atoms with Crippen LogP contribution in [0.1, 0.15) is 12.2 Å². The predicted molar refractivity (Wildman–Crippen MR) is 105 cm³/mol. The first-order valence-corrected chi connectivity index (χ1v) is 12.0. The van der Waals surface area contributed by atoms with Crippen LogP contribution >= 0.6 is 23.1 Å². The molecule has 0 aliphatic carbocycles. The number of halogens is 3. The maximum Gasteiger partial charge on any atom is 0.452 e. The van der Waals surface area contributed by atoms with E-state index in [0.29, 0.717) is 19.5 Å². The fourth-order valence-corrected chi connectivity index (χ4v) is 8.16. The minimum Gasteiger partial charge on any atom is -0.351 e. The zero-order chi connectivity index (χ0) is 21.7. The zero-order valence-electron chi connectivity index (χ0n) is 15.3. The van der Waals surface area contributed by atoms with Crippen LogP contribution in [0.4, 0.5) is 13.2 Å². The van der Waals surface area contributed by atoms with Gasteiger partial charge in [0.25, 0.3) is 10.0 Å². The molecule has 2 aliphatic heterocycles. The number of hydrogen-bond acceptors (Lipinski definition) is 7. The van der Waals surface area contributed by atoms with E-state index >= 15 is 0 Å². The second-order valence-electron chi connectivity index (χ2n) is 6.89. The highest BCUT2D eigenvalue weighted by Gasteiger charge is 2.46. The van der Waals surface area contributed by atoms with Crippen molar-refractivity contribution in [1.29, 1.82) is 0 Å². The van der Waals surface area contributed by atoms with Crippen molar-refractivity contribution < 1.29 is 30.9 Å². The molecule has 30 heavy (non-hydrogen) atoms. The number of sulfonamides is 1. The molecule has 3 unspecified atom stereocenters. The van der Waals surface area contributed by atoms with Crippen LogP contribution in [0.3, 0.4) is 0 Å². The van der Waals surface area contributed by atoms with Gasteiger partial charge in [-0.3, -0.25) is 4.79 Å². The number of carbonyl (C=O) groups is 1. The summed E-state index contributed by atoms with van der Waals surface area (Å²) < 4.78 is 69.8. The SMILES string of the molecule is C=CC(=O)NC1CC2CN(S(=O)(=O)c3ccc(-c4cc(C(F)(F)F)on4)s3)CC2S1. The van der Waals surface area contributed by atoms with Crippen molar-refractivity contribution in [3.63, 3.8) is 0 Å². The summed E-state index contributed by atoms with van der Waals surface area (Å²) >= 11 is 2.39. The monoisotopic (exact) mass is 479 g/mol. The number of alkyl halides is 3. The Morgan fingerprint density at radius 2 is 2.13 bits per heavy atom. The number of amides is 1. The molecule has 0 aromatic carbocycles. The first-order chi connectivity index (χ1) is 14.1. The number of carbonyl (C=O) groups excluding carboxylic acids is 1. The summed E-state index contributed by atoms with van der Waals surface area (Å²) in [5, 5.41) is 6.21. The third-order valence-corrected chi connectivity index (χ3v) is 9.84. The Morgan fingerprint density at radius 3 is 2.77 bits per heavy atom. The molecule has 2 fully saturated rings. The smallest absolute Gasteiger partial charge is 0.351 e. The molecule has 7 nitrogen and oxygen atoms in total. The van der Waals surface area contributed by atoms with Gasteiger partial charge in [0.05, 0.1) is 10.3 Å². The van der Waals surface area contributed by atoms with Gasteiger partial charge >= 0.3 is 6.18 Å². The third kappa shape index (κ3) is 4.03. The van der Waals surface area contributed by atoms with Crippen LogP contribution in [-0.2, 0) is 21.0 Å². The molecular formula is C17H16F3N3O4S3. The van der Waals surface area contributed by atoms with Gasteiger partial charge in [0.15, 0.2) is 0 Å². The van der Waals surface area contributed by atoms with E-state index in [1.165, 1.54) is 34.3 Å². The summed E-state index contributed by atoms with van der Waals surface area (Å²) in [4.78, 5) is 11.7. The van der Waals surface area contributed by atoms with E-state index in [1.54, 1.807) is 0 Å². The second kappa shape index (κ2) is 7.70. The van der Waals surface area contributed by atoms with Gasteiger partial charge in [-0.15, -0.1) is 23.1 Å². The maximum absolute atomic E-state index is 13.0. The van der Waals surface area contributed by atoms with E-state index in [-0.39, 0.29) is 37.2 Å². The van der Waals surface area contributed by atoms with Crippen molar-refractivity contribution in [3.8, 4) is 10.6 Å². The van der Waals surface area contributed by atoms with Crippen LogP contribution in [0.15, 0.2) is 39.6 Å². The average molecular weight is 480 g/mol. The van der Waals surface area contributed by atoms with E-state index in [2.05, 4.69) is 21.6 Å². The maximum atomic E-state index is 13.0. The lowest BCUT2D eigenvalue weighted by Crippen LogP contribution is -2.33. The van der Waals surface area contributed by atoms with Gasteiger partial charge in [0.2, 0.25) is 11.7 Å². The topological polar surface area (TPSA) is 92.5 Å². The molecule has 0 radical (unpaired) electrons. The normalized spacial score (nSPS) is 24.7. The highest BCUT2D eigenvalue weighted by Crippen LogP contribution is 2.44. The van der Waals surface area contributed by atoms with Crippen molar-refractivity contribution in [2.45, 2.75) is 27.4 Å². The van der Waals surface area contributed by atoms with Crippen molar-refractivity contribution in [1.82, 2.24) is 14.8 Å². The minimum atomic E-state index is -4.66. The Hall–Kier alpha value is -1.83. The van der Waals surface area contributed by atoms with Crippen LogP contribution in [0.5, 0.6) is 0 Å². The Balaban J connectivity index is 1.45. The third-order valence-electron chi connectivity index (χ3n) is 4.91. The highest BCUT2D eigenvalue weighted by molar-refractivity contribution is 8.00. The number of hydrogen-bond donors (Lipinski definition) is 1. The lowest BCUT2D eigenvalue weighted by Gasteiger charge is -2.18. The Labute approximate surface area is 178 Å². The summed E-state index contributed by atoms with van der Waals surface area (Å²) in [6.45, 7) is 4.06. The summed E-state index contributed by atoms with van der Waals surface area (Å²) in [5.74, 6) is -1.38. The van der Waals surface area contributed by atoms with Gasteiger partial charge in [0, 0.05) is 24.4 Å². The largest absolute Gasteiger partial charge is 0.452 e. The van der Waals surface area contributed by atoms with Crippen molar-refractivity contribution >= 4 is 39.0 Å².